The molecule has 0 aliphatic carbocycles. The predicted molar refractivity (Wildman–Crippen MR) is 158 cm³/mol. The number of hydrogen-bond acceptors (Lipinski definition) is 4. The van der Waals surface area contributed by atoms with Crippen molar-refractivity contribution in [2.24, 2.45) is 0 Å². The van der Waals surface area contributed by atoms with Gasteiger partial charge in [-0.15, -0.1) is 0 Å². The van der Waals surface area contributed by atoms with E-state index in [1.165, 1.54) is 0 Å². The number of carbonyl (C=O) groups is 2. The summed E-state index contributed by atoms with van der Waals surface area (Å²) in [6.45, 7) is 12.0. The normalized spacial score (nSPS) is 13.2. The zero-order valence-electron chi connectivity index (χ0n) is 23.1. The highest BCUT2D eigenvalue weighted by Gasteiger charge is 2.20. The topological polar surface area (TPSA) is 132 Å². The second kappa shape index (κ2) is 10.4. The fourth-order valence-electron chi connectivity index (χ4n) is 5.43. The number of allylic oxidation sites excluding steroid dienone is 5. The number of nitrogens with zero attached hydrogens (tertiary/aromatic N) is 2. The number of aliphatic carboxylic acids is 2. The molecule has 0 saturated carbocycles. The van der Waals surface area contributed by atoms with Gasteiger partial charge < -0.3 is 20.2 Å². The third-order valence-corrected chi connectivity index (χ3v) is 7.74. The summed E-state index contributed by atoms with van der Waals surface area (Å²) < 4.78 is 0. The maximum atomic E-state index is 11.5. The Hall–Kier alpha value is -4.72. The van der Waals surface area contributed by atoms with Gasteiger partial charge in [0.1, 0.15) is 0 Å². The summed E-state index contributed by atoms with van der Waals surface area (Å²) in [6, 6.07) is 9.97. The number of carboxylic acids is 2. The minimum Gasteiger partial charge on any atom is -0.481 e. The molecule has 204 valence electrons. The molecule has 0 atom stereocenters. The van der Waals surface area contributed by atoms with Crippen molar-refractivity contribution < 1.29 is 19.8 Å². The van der Waals surface area contributed by atoms with Crippen LogP contribution in [-0.4, -0.2) is 42.1 Å². The van der Waals surface area contributed by atoms with Gasteiger partial charge in [0.25, 0.3) is 0 Å². The van der Waals surface area contributed by atoms with Crippen LogP contribution in [0, 0.1) is 13.8 Å². The highest BCUT2D eigenvalue weighted by atomic mass is 16.4. The van der Waals surface area contributed by atoms with Crippen LogP contribution in [0.5, 0.6) is 0 Å². The van der Waals surface area contributed by atoms with Crippen LogP contribution in [0.4, 0.5) is 0 Å². The number of rotatable bonds is 7. The summed E-state index contributed by atoms with van der Waals surface area (Å²) >= 11 is 0. The van der Waals surface area contributed by atoms with Gasteiger partial charge >= 0.3 is 11.9 Å². The van der Waals surface area contributed by atoms with Crippen LogP contribution in [0.25, 0.3) is 44.4 Å². The minimum atomic E-state index is -0.875. The van der Waals surface area contributed by atoms with Crippen molar-refractivity contribution in [2.75, 3.05) is 0 Å². The molecule has 8 nitrogen and oxygen atoms in total. The van der Waals surface area contributed by atoms with Crippen molar-refractivity contribution in [1.82, 2.24) is 19.9 Å². The minimum absolute atomic E-state index is 0.0173. The summed E-state index contributed by atoms with van der Waals surface area (Å²) in [5, 5.41) is 18.8. The van der Waals surface area contributed by atoms with Crippen LogP contribution in [0.2, 0.25) is 0 Å². The van der Waals surface area contributed by atoms with Crippen LogP contribution in [0.1, 0.15) is 72.6 Å². The van der Waals surface area contributed by atoms with E-state index in [-0.39, 0.29) is 12.8 Å². The van der Waals surface area contributed by atoms with Gasteiger partial charge in [-0.1, -0.05) is 12.7 Å². The molecule has 0 unspecified atom stereocenters. The number of H-pyrrole nitrogens is 2. The van der Waals surface area contributed by atoms with Gasteiger partial charge in [0, 0.05) is 40.5 Å². The molecule has 0 amide bonds. The monoisotopic (exact) mass is 536 g/mol. The van der Waals surface area contributed by atoms with Crippen LogP contribution >= 0.6 is 0 Å². The molecule has 0 spiro atoms. The third kappa shape index (κ3) is 5.00. The Morgan fingerprint density at radius 1 is 0.775 bits per heavy atom. The molecular formula is C32H32N4O4. The smallest absolute Gasteiger partial charge is 0.303 e. The summed E-state index contributed by atoms with van der Waals surface area (Å²) in [6.07, 6.45) is 2.45. The summed E-state index contributed by atoms with van der Waals surface area (Å²) in [5.74, 6) is -1.75. The Morgan fingerprint density at radius 2 is 1.40 bits per heavy atom. The lowest BCUT2D eigenvalue weighted by atomic mass is 10.0. The van der Waals surface area contributed by atoms with Crippen molar-refractivity contribution in [3.05, 3.63) is 82.5 Å². The van der Waals surface area contributed by atoms with Gasteiger partial charge in [-0.25, -0.2) is 9.97 Å². The van der Waals surface area contributed by atoms with E-state index < -0.39 is 11.9 Å². The Kier molecular flexibility index (Phi) is 7.02. The molecule has 8 heteroatoms. The van der Waals surface area contributed by atoms with E-state index in [4.69, 9.17) is 9.97 Å². The first-order valence-corrected chi connectivity index (χ1v) is 13.2. The Morgan fingerprint density at radius 3 is 2.10 bits per heavy atom. The van der Waals surface area contributed by atoms with Crippen molar-refractivity contribution in [2.45, 2.75) is 53.4 Å². The van der Waals surface area contributed by atoms with Gasteiger partial charge in [-0.3, -0.25) is 9.59 Å². The zero-order valence-corrected chi connectivity index (χ0v) is 23.1. The molecule has 5 rings (SSSR count). The molecule has 0 radical (unpaired) electrons. The zero-order chi connectivity index (χ0) is 28.7. The molecule has 2 aliphatic rings. The summed E-state index contributed by atoms with van der Waals surface area (Å²) in [7, 11) is 0. The average molecular weight is 537 g/mol. The second-order valence-electron chi connectivity index (χ2n) is 10.4. The van der Waals surface area contributed by atoms with Crippen LogP contribution in [-0.2, 0) is 16.0 Å². The van der Waals surface area contributed by atoms with Crippen molar-refractivity contribution in [1.29, 1.82) is 0 Å². The maximum absolute atomic E-state index is 11.5. The number of nitrogens with one attached hydrogen (secondary N) is 2. The summed E-state index contributed by atoms with van der Waals surface area (Å²) in [5.41, 5.74) is 13.1. The lowest BCUT2D eigenvalue weighted by Crippen LogP contribution is -1.98. The molecule has 0 aromatic carbocycles. The van der Waals surface area contributed by atoms with E-state index in [9.17, 15) is 19.8 Å². The number of aromatic amines is 2. The number of hydrogen-bond donors (Lipinski definition) is 4. The quantitative estimate of drug-likeness (QED) is 0.261. The largest absolute Gasteiger partial charge is 0.481 e. The molecule has 5 heterocycles. The first-order valence-electron chi connectivity index (χ1n) is 13.2. The van der Waals surface area contributed by atoms with E-state index in [2.05, 4.69) is 22.6 Å². The van der Waals surface area contributed by atoms with Gasteiger partial charge in [-0.2, -0.15) is 0 Å². The summed E-state index contributed by atoms with van der Waals surface area (Å²) in [4.78, 5) is 39.8. The number of aryl methyl sites for hydroxylation is 3. The van der Waals surface area contributed by atoms with Crippen molar-refractivity contribution >= 4 is 56.3 Å². The number of carboxylic acid groups (broad SMARTS) is 2. The maximum Gasteiger partial charge on any atom is 0.303 e. The van der Waals surface area contributed by atoms with Gasteiger partial charge in [0.05, 0.1) is 22.8 Å². The Balaban J connectivity index is 1.90. The SMILES string of the molecule is C=CC1=C(C)c2cc3cc(C)c(cc4nc(cc5[nH]c(cc1n2)c(C)c5CCC(=O)O)C(CCC(=O)O)=C4C)[nH]3. The molecule has 3 aromatic heterocycles. The molecule has 4 N–H and O–H groups in total. The van der Waals surface area contributed by atoms with Gasteiger partial charge in [0.2, 0.25) is 0 Å². The lowest BCUT2D eigenvalue weighted by molar-refractivity contribution is -0.137. The Bertz CT molecular complexity index is 1820. The fraction of sp³-hybridized carbons (Fsp3) is 0.250. The van der Waals surface area contributed by atoms with E-state index in [1.807, 2.05) is 58.0 Å². The molecule has 3 aromatic rings. The standard InChI is InChI=1S/C32H32N4O4/c1-6-21-17(3)25-12-20-11-16(2)24(33-20)13-26-18(4)22(7-9-31(37)38)29(35-26)15-30-23(8-10-32(39)40)19(5)27(36-30)14-28(21)34-25/h6,11-15,33,36H,1,7-10H2,2-5H3,(H,37,38)(H,39,40). The third-order valence-electron chi connectivity index (χ3n) is 7.74. The second-order valence-corrected chi connectivity index (χ2v) is 10.4. The van der Waals surface area contributed by atoms with Crippen LogP contribution < -0.4 is 0 Å². The average Bonchev–Trinajstić information content (AvgIpc) is 3.56. The van der Waals surface area contributed by atoms with Crippen molar-refractivity contribution in [3.63, 3.8) is 0 Å². The van der Waals surface area contributed by atoms with Crippen molar-refractivity contribution in [3.8, 4) is 0 Å². The first-order chi connectivity index (χ1) is 19.0. The Labute approximate surface area is 231 Å². The molecule has 0 saturated heterocycles. The fourth-order valence-corrected chi connectivity index (χ4v) is 5.43. The molecule has 40 heavy (non-hydrogen) atoms. The van der Waals surface area contributed by atoms with E-state index in [0.29, 0.717) is 18.5 Å². The lowest BCUT2D eigenvalue weighted by Gasteiger charge is -2.03. The molecule has 2 aliphatic heterocycles. The van der Waals surface area contributed by atoms with Gasteiger partial charge in [-0.05, 0) is 104 Å². The molecule has 8 bridgehead atoms. The van der Waals surface area contributed by atoms with Crippen LogP contribution in [0.15, 0.2) is 43.0 Å². The number of fused-ring (bicyclic) bond motifs is 8. The highest BCUT2D eigenvalue weighted by molar-refractivity contribution is 5.97. The van der Waals surface area contributed by atoms with E-state index in [1.54, 1.807) is 0 Å². The first kappa shape index (κ1) is 26.9. The molecular weight excluding hydrogens is 504 g/mol. The number of aromatic nitrogens is 4. The predicted octanol–water partition coefficient (Wildman–Crippen LogP) is 6.86. The highest BCUT2D eigenvalue weighted by Crippen LogP contribution is 2.35. The van der Waals surface area contributed by atoms with E-state index >= 15 is 0 Å². The molecule has 0 fully saturated rings. The van der Waals surface area contributed by atoms with E-state index in [0.717, 1.165) is 78.1 Å². The van der Waals surface area contributed by atoms with Gasteiger partial charge in [0.15, 0.2) is 0 Å². The van der Waals surface area contributed by atoms with Crippen LogP contribution in [0.3, 0.4) is 0 Å².